The van der Waals surface area contributed by atoms with Crippen LogP contribution in [0.4, 0.5) is 5.69 Å². The minimum absolute atomic E-state index is 0.0775. The molecule has 0 radical (unpaired) electrons. The summed E-state index contributed by atoms with van der Waals surface area (Å²) in [6.45, 7) is 3.09. The van der Waals surface area contributed by atoms with Crippen molar-refractivity contribution in [3.63, 3.8) is 0 Å². The van der Waals surface area contributed by atoms with Gasteiger partial charge in [-0.25, -0.2) is 4.79 Å². The zero-order chi connectivity index (χ0) is 24.6. The van der Waals surface area contributed by atoms with Gasteiger partial charge in [-0.15, -0.1) is 0 Å². The van der Waals surface area contributed by atoms with Crippen LogP contribution in [-0.4, -0.2) is 54.0 Å². The van der Waals surface area contributed by atoms with Gasteiger partial charge in [0.2, 0.25) is 11.8 Å². The molecule has 4 rings (SSSR count). The van der Waals surface area contributed by atoms with Gasteiger partial charge in [0, 0.05) is 12.1 Å². The molecule has 4 atom stereocenters. The monoisotopic (exact) mass is 485 g/mol. The van der Waals surface area contributed by atoms with Gasteiger partial charge in [0.25, 0.3) is 5.69 Å². The SMILES string of the molecule is CC1(C)[C@H](C(=O)OCc2ccc([N+](=O)[O-])cc2)N2C(=O)[C@@H](NC(=O)Cc3ccccc3)[C@H]2S1=O. The Bertz CT molecular complexity index is 1170. The molecule has 0 saturated carbocycles. The third kappa shape index (κ3) is 4.18. The lowest BCUT2D eigenvalue weighted by atomic mass is 9.95. The summed E-state index contributed by atoms with van der Waals surface area (Å²) in [6, 6.07) is 12.5. The lowest BCUT2D eigenvalue weighted by Crippen LogP contribution is -2.71. The summed E-state index contributed by atoms with van der Waals surface area (Å²) in [6.07, 6.45) is 0.0775. The summed E-state index contributed by atoms with van der Waals surface area (Å²) in [7, 11) is -1.63. The van der Waals surface area contributed by atoms with E-state index in [0.717, 1.165) is 5.56 Å². The summed E-state index contributed by atoms with van der Waals surface area (Å²) in [4.78, 5) is 49.7. The third-order valence-electron chi connectivity index (χ3n) is 6.03. The van der Waals surface area contributed by atoms with Crippen LogP contribution in [-0.2, 0) is 42.9 Å². The standard InChI is InChI=1S/C23H23N3O7S/c1-23(2)19(22(29)33-13-15-8-10-16(11-9-15)26(30)31)25-20(28)18(21(25)34(23)32)24-17(27)12-14-6-4-3-5-7-14/h3-11,18-19,21H,12-13H2,1-2H3,(H,24,27)/t18-,19+,21-,34?/m1/s1. The van der Waals surface area contributed by atoms with Gasteiger partial charge < -0.3 is 15.0 Å². The topological polar surface area (TPSA) is 136 Å². The van der Waals surface area contributed by atoms with E-state index < -0.39 is 49.8 Å². The number of benzene rings is 2. The molecular weight excluding hydrogens is 462 g/mol. The van der Waals surface area contributed by atoms with Crippen LogP contribution in [0.25, 0.3) is 0 Å². The third-order valence-corrected chi connectivity index (χ3v) is 8.23. The van der Waals surface area contributed by atoms with Crippen LogP contribution in [0.1, 0.15) is 25.0 Å². The van der Waals surface area contributed by atoms with Gasteiger partial charge in [-0.3, -0.25) is 23.9 Å². The normalized spacial score (nSPS) is 24.6. The zero-order valence-electron chi connectivity index (χ0n) is 18.5. The number of ether oxygens (including phenoxy) is 1. The van der Waals surface area contributed by atoms with E-state index in [1.165, 1.54) is 29.2 Å². The van der Waals surface area contributed by atoms with Crippen molar-refractivity contribution in [3.05, 3.63) is 75.8 Å². The van der Waals surface area contributed by atoms with Crippen molar-refractivity contribution in [1.29, 1.82) is 0 Å². The molecule has 1 unspecified atom stereocenters. The molecule has 2 aromatic rings. The molecule has 2 aromatic carbocycles. The maximum Gasteiger partial charge on any atom is 0.330 e. The number of nitrogens with one attached hydrogen (secondary N) is 1. The fourth-order valence-corrected chi connectivity index (χ4v) is 6.14. The summed E-state index contributed by atoms with van der Waals surface area (Å²) in [5, 5.41) is 12.6. The molecule has 2 saturated heterocycles. The van der Waals surface area contributed by atoms with Gasteiger partial charge in [0.15, 0.2) is 0 Å². The van der Waals surface area contributed by atoms with Gasteiger partial charge >= 0.3 is 5.97 Å². The van der Waals surface area contributed by atoms with Crippen molar-refractivity contribution in [1.82, 2.24) is 10.2 Å². The number of nitro groups is 1. The van der Waals surface area contributed by atoms with Crippen LogP contribution in [0.2, 0.25) is 0 Å². The number of β-lactam (4-membered cyclic amide) rings is 1. The Labute approximate surface area is 197 Å². The second-order valence-corrected chi connectivity index (χ2v) is 10.8. The highest BCUT2D eigenvalue weighted by molar-refractivity contribution is 7.87. The number of rotatable bonds is 7. The van der Waals surface area contributed by atoms with E-state index in [1.54, 1.807) is 38.1 Å². The second-order valence-electron chi connectivity index (χ2n) is 8.68. The number of nitro benzene ring substituents is 1. The molecule has 0 bridgehead atoms. The van der Waals surface area contributed by atoms with E-state index in [4.69, 9.17) is 4.74 Å². The summed E-state index contributed by atoms with van der Waals surface area (Å²) in [5.74, 6) is -1.58. The fourth-order valence-electron chi connectivity index (χ4n) is 4.23. The lowest BCUT2D eigenvalue weighted by molar-refractivity contribution is -0.384. The Kier molecular flexibility index (Phi) is 6.22. The fraction of sp³-hybridized carbons (Fsp3) is 0.348. The number of hydrogen-bond donors (Lipinski definition) is 1. The maximum atomic E-state index is 13.2. The molecule has 2 fully saturated rings. The summed E-state index contributed by atoms with van der Waals surface area (Å²) in [5.41, 5.74) is 1.23. The predicted octanol–water partition coefficient (Wildman–Crippen LogP) is 1.44. The molecule has 1 N–H and O–H groups in total. The Morgan fingerprint density at radius 3 is 2.38 bits per heavy atom. The highest BCUT2D eigenvalue weighted by Crippen LogP contribution is 2.44. The van der Waals surface area contributed by atoms with Crippen LogP contribution < -0.4 is 5.32 Å². The number of carbonyl (C=O) groups is 3. The first kappa shape index (κ1) is 23.6. The van der Waals surface area contributed by atoms with Crippen LogP contribution >= 0.6 is 0 Å². The Balaban J connectivity index is 1.42. The molecule has 10 nitrogen and oxygen atoms in total. The van der Waals surface area contributed by atoms with E-state index in [-0.39, 0.29) is 24.6 Å². The van der Waals surface area contributed by atoms with Crippen molar-refractivity contribution in [3.8, 4) is 0 Å². The molecule has 2 heterocycles. The highest BCUT2D eigenvalue weighted by atomic mass is 32.2. The molecule has 2 aliphatic heterocycles. The van der Waals surface area contributed by atoms with Gasteiger partial charge in [0.1, 0.15) is 24.1 Å². The number of carbonyl (C=O) groups excluding carboxylic acids is 3. The number of nitrogens with zero attached hydrogens (tertiary/aromatic N) is 2. The number of non-ortho nitro benzene ring substituents is 1. The second kappa shape index (κ2) is 8.98. The van der Waals surface area contributed by atoms with E-state index in [0.29, 0.717) is 5.56 Å². The number of fused-ring (bicyclic) bond motifs is 1. The Morgan fingerprint density at radius 1 is 1.12 bits per heavy atom. The average molecular weight is 486 g/mol. The molecule has 34 heavy (non-hydrogen) atoms. The molecule has 11 heteroatoms. The van der Waals surface area contributed by atoms with Crippen molar-refractivity contribution in [2.24, 2.45) is 0 Å². The highest BCUT2D eigenvalue weighted by Gasteiger charge is 2.68. The molecule has 2 aliphatic rings. The van der Waals surface area contributed by atoms with Gasteiger partial charge in [-0.2, -0.15) is 0 Å². The van der Waals surface area contributed by atoms with E-state index >= 15 is 0 Å². The van der Waals surface area contributed by atoms with E-state index in [2.05, 4.69) is 5.32 Å². The first-order chi connectivity index (χ1) is 16.1. The zero-order valence-corrected chi connectivity index (χ0v) is 19.3. The number of hydrogen-bond acceptors (Lipinski definition) is 7. The number of amides is 2. The molecule has 0 spiro atoms. The Hall–Kier alpha value is -3.60. The minimum atomic E-state index is -1.63. The summed E-state index contributed by atoms with van der Waals surface area (Å²) >= 11 is 0. The minimum Gasteiger partial charge on any atom is -0.459 e. The Morgan fingerprint density at radius 2 is 1.76 bits per heavy atom. The van der Waals surface area contributed by atoms with Crippen molar-refractivity contribution in [2.45, 2.75) is 49.1 Å². The van der Waals surface area contributed by atoms with Gasteiger partial charge in [0.05, 0.1) is 26.9 Å². The molecule has 0 aromatic heterocycles. The maximum absolute atomic E-state index is 13.2. The van der Waals surface area contributed by atoms with Crippen molar-refractivity contribution < 1.29 is 28.3 Å². The van der Waals surface area contributed by atoms with Crippen LogP contribution in [0, 0.1) is 10.1 Å². The molecule has 2 amide bonds. The van der Waals surface area contributed by atoms with E-state index in [9.17, 15) is 28.7 Å². The van der Waals surface area contributed by atoms with Gasteiger partial charge in [-0.1, -0.05) is 30.3 Å². The van der Waals surface area contributed by atoms with Crippen molar-refractivity contribution >= 4 is 34.3 Å². The number of esters is 1. The smallest absolute Gasteiger partial charge is 0.330 e. The first-order valence-electron chi connectivity index (χ1n) is 10.6. The van der Waals surface area contributed by atoms with E-state index in [1.807, 2.05) is 6.07 Å². The van der Waals surface area contributed by atoms with Crippen LogP contribution in [0.3, 0.4) is 0 Å². The average Bonchev–Trinajstić information content (AvgIpc) is 3.00. The molecular formula is C23H23N3O7S. The summed E-state index contributed by atoms with van der Waals surface area (Å²) < 4.78 is 17.4. The predicted molar refractivity (Wildman–Crippen MR) is 122 cm³/mol. The largest absolute Gasteiger partial charge is 0.459 e. The van der Waals surface area contributed by atoms with Gasteiger partial charge in [-0.05, 0) is 37.1 Å². The molecule has 0 aliphatic carbocycles. The van der Waals surface area contributed by atoms with Crippen molar-refractivity contribution in [2.75, 3.05) is 0 Å². The van der Waals surface area contributed by atoms with Crippen LogP contribution in [0.15, 0.2) is 54.6 Å². The quantitative estimate of drug-likeness (QED) is 0.271. The van der Waals surface area contributed by atoms with Crippen LogP contribution in [0.5, 0.6) is 0 Å². The molecule has 178 valence electrons. The first-order valence-corrected chi connectivity index (χ1v) is 11.8. The lowest BCUT2D eigenvalue weighted by Gasteiger charge is -2.43.